The average molecular weight is 335 g/mol. The Labute approximate surface area is 121 Å². The Balaban J connectivity index is 2.60. The van der Waals surface area contributed by atoms with Crippen molar-refractivity contribution >= 4 is 33.4 Å². The van der Waals surface area contributed by atoms with Gasteiger partial charge in [-0.1, -0.05) is 34.5 Å². The van der Waals surface area contributed by atoms with E-state index >= 15 is 0 Å². The number of hydrogen-bond donors (Lipinski definition) is 1. The zero-order valence-corrected chi connectivity index (χ0v) is 12.7. The van der Waals surface area contributed by atoms with E-state index < -0.39 is 0 Å². The normalized spacial score (nSPS) is 10.2. The maximum absolute atomic E-state index is 11.1. The lowest BCUT2D eigenvalue weighted by Crippen LogP contribution is -2.26. The van der Waals surface area contributed by atoms with E-state index in [1.807, 2.05) is 18.2 Å². The molecule has 0 saturated carbocycles. The smallest absolute Gasteiger partial charge is 0.230 e. The second kappa shape index (κ2) is 8.38. The van der Waals surface area contributed by atoms with Gasteiger partial charge in [-0.05, 0) is 36.6 Å². The van der Waals surface area contributed by atoms with Crippen LogP contribution in [0.2, 0.25) is 5.02 Å². The molecule has 1 aromatic rings. The zero-order chi connectivity index (χ0) is 13.4. The van der Waals surface area contributed by atoms with Gasteiger partial charge in [0.2, 0.25) is 5.91 Å². The quantitative estimate of drug-likeness (QED) is 0.778. The molecule has 0 saturated heterocycles. The average Bonchev–Trinajstić information content (AvgIpc) is 2.37. The summed E-state index contributed by atoms with van der Waals surface area (Å²) in [6.45, 7) is 3.32. The zero-order valence-electron chi connectivity index (χ0n) is 10.3. The minimum Gasteiger partial charge on any atom is -0.493 e. The fourth-order valence-electron chi connectivity index (χ4n) is 1.48. The summed E-state index contributed by atoms with van der Waals surface area (Å²) in [4.78, 5) is 11.1. The van der Waals surface area contributed by atoms with Crippen molar-refractivity contribution in [3.8, 4) is 5.75 Å². The molecule has 0 atom stereocenters. The van der Waals surface area contributed by atoms with E-state index in [4.69, 9.17) is 16.3 Å². The summed E-state index contributed by atoms with van der Waals surface area (Å²) in [6.07, 6.45) is 1.67. The summed E-state index contributed by atoms with van der Waals surface area (Å²) in [5.74, 6) is 0.822. The predicted molar refractivity (Wildman–Crippen MR) is 77.7 cm³/mol. The summed E-state index contributed by atoms with van der Waals surface area (Å²) in [5.41, 5.74) is 1.02. The van der Waals surface area contributed by atoms with Crippen LogP contribution in [0.15, 0.2) is 18.2 Å². The third kappa shape index (κ3) is 5.27. The molecule has 100 valence electrons. The summed E-state index contributed by atoms with van der Waals surface area (Å²) in [5, 5.41) is 3.80. The van der Waals surface area contributed by atoms with Gasteiger partial charge in [-0.3, -0.25) is 4.79 Å². The largest absolute Gasteiger partial charge is 0.493 e. The third-order valence-electron chi connectivity index (χ3n) is 2.32. The van der Waals surface area contributed by atoms with E-state index in [0.29, 0.717) is 29.9 Å². The molecule has 1 N–H and O–H groups in total. The Bertz CT molecular complexity index is 399. The second-order valence-electron chi connectivity index (χ2n) is 3.83. The molecule has 0 radical (unpaired) electrons. The Morgan fingerprint density at radius 1 is 1.50 bits per heavy atom. The fourth-order valence-corrected chi connectivity index (χ4v) is 1.87. The van der Waals surface area contributed by atoms with Gasteiger partial charge in [0, 0.05) is 11.6 Å². The first-order chi connectivity index (χ1) is 8.67. The van der Waals surface area contributed by atoms with Crippen molar-refractivity contribution in [3.05, 3.63) is 28.8 Å². The van der Waals surface area contributed by atoms with E-state index in [1.54, 1.807) is 0 Å². The van der Waals surface area contributed by atoms with Crippen molar-refractivity contribution in [3.63, 3.8) is 0 Å². The number of amides is 1. The van der Waals surface area contributed by atoms with Crippen molar-refractivity contribution in [2.45, 2.75) is 19.8 Å². The molecule has 18 heavy (non-hydrogen) atoms. The van der Waals surface area contributed by atoms with Gasteiger partial charge in [0.1, 0.15) is 5.75 Å². The molecule has 1 aromatic carbocycles. The van der Waals surface area contributed by atoms with Crippen LogP contribution in [0.4, 0.5) is 0 Å². The molecule has 0 aliphatic carbocycles. The molecule has 0 spiro atoms. The third-order valence-corrected chi connectivity index (χ3v) is 3.07. The van der Waals surface area contributed by atoms with Crippen LogP contribution in [0.25, 0.3) is 0 Å². The Hall–Kier alpha value is -0.740. The summed E-state index contributed by atoms with van der Waals surface area (Å²) in [6, 6.07) is 5.57. The molecule has 0 aromatic heterocycles. The lowest BCUT2D eigenvalue weighted by molar-refractivity contribution is -0.118. The molecule has 0 heterocycles. The second-order valence-corrected chi connectivity index (χ2v) is 4.83. The van der Waals surface area contributed by atoms with Crippen LogP contribution >= 0.6 is 27.5 Å². The van der Waals surface area contributed by atoms with Crippen molar-refractivity contribution in [1.29, 1.82) is 0 Å². The lowest BCUT2D eigenvalue weighted by Gasteiger charge is -2.11. The van der Waals surface area contributed by atoms with Gasteiger partial charge in [-0.2, -0.15) is 0 Å². The van der Waals surface area contributed by atoms with E-state index in [-0.39, 0.29) is 5.91 Å². The Morgan fingerprint density at radius 2 is 2.28 bits per heavy atom. The van der Waals surface area contributed by atoms with Crippen molar-refractivity contribution in [2.75, 3.05) is 18.5 Å². The fraction of sp³-hybridized carbons (Fsp3) is 0.462. The number of carbonyl (C=O) groups excluding carboxylic acids is 1. The maximum atomic E-state index is 11.1. The number of benzene rings is 1. The molecule has 0 fully saturated rings. The molecular weight excluding hydrogens is 318 g/mol. The molecule has 0 unspecified atom stereocenters. The van der Waals surface area contributed by atoms with E-state index in [2.05, 4.69) is 28.2 Å². The molecule has 0 bridgehead atoms. The summed E-state index contributed by atoms with van der Waals surface area (Å²) in [7, 11) is 0. The van der Waals surface area contributed by atoms with Crippen LogP contribution in [0.1, 0.15) is 18.9 Å². The first kappa shape index (κ1) is 15.3. The Morgan fingerprint density at radius 3 is 2.94 bits per heavy atom. The lowest BCUT2D eigenvalue weighted by atomic mass is 10.1. The molecule has 1 amide bonds. The van der Waals surface area contributed by atoms with Crippen LogP contribution in [0.3, 0.4) is 0 Å². The minimum absolute atomic E-state index is 0.0203. The highest BCUT2D eigenvalue weighted by Crippen LogP contribution is 2.23. The first-order valence-electron chi connectivity index (χ1n) is 5.91. The van der Waals surface area contributed by atoms with Crippen LogP contribution in [0.5, 0.6) is 5.75 Å². The van der Waals surface area contributed by atoms with Gasteiger partial charge < -0.3 is 10.1 Å². The summed E-state index contributed by atoms with van der Waals surface area (Å²) >= 11 is 9.07. The number of ether oxygens (including phenoxy) is 1. The number of halogens is 2. The van der Waals surface area contributed by atoms with Gasteiger partial charge in [-0.25, -0.2) is 0 Å². The first-order valence-corrected chi connectivity index (χ1v) is 7.41. The van der Waals surface area contributed by atoms with E-state index in [0.717, 1.165) is 17.7 Å². The number of carbonyl (C=O) groups is 1. The highest BCUT2D eigenvalue weighted by atomic mass is 79.9. The standard InChI is InChI=1S/C13H17BrClNO2/c1-2-7-18-12-4-3-11(15)8-10(12)5-6-16-13(17)9-14/h3-4,8H,2,5-7,9H2,1H3,(H,16,17). The highest BCUT2D eigenvalue weighted by molar-refractivity contribution is 9.09. The number of nitrogens with one attached hydrogen (secondary N) is 1. The van der Waals surface area contributed by atoms with E-state index in [1.165, 1.54) is 0 Å². The Kier molecular flexibility index (Phi) is 7.13. The van der Waals surface area contributed by atoms with Crippen molar-refractivity contribution in [1.82, 2.24) is 5.32 Å². The van der Waals surface area contributed by atoms with Crippen LogP contribution in [0, 0.1) is 0 Å². The van der Waals surface area contributed by atoms with Crippen molar-refractivity contribution in [2.24, 2.45) is 0 Å². The van der Waals surface area contributed by atoms with E-state index in [9.17, 15) is 4.79 Å². The van der Waals surface area contributed by atoms with Gasteiger partial charge >= 0.3 is 0 Å². The molecule has 1 rings (SSSR count). The topological polar surface area (TPSA) is 38.3 Å². The molecule has 0 aliphatic heterocycles. The maximum Gasteiger partial charge on any atom is 0.230 e. The minimum atomic E-state index is -0.0203. The van der Waals surface area contributed by atoms with Crippen LogP contribution in [-0.4, -0.2) is 24.4 Å². The van der Waals surface area contributed by atoms with Gasteiger partial charge in [0.25, 0.3) is 0 Å². The van der Waals surface area contributed by atoms with Crippen LogP contribution in [-0.2, 0) is 11.2 Å². The number of alkyl halides is 1. The SMILES string of the molecule is CCCOc1ccc(Cl)cc1CCNC(=O)CBr. The summed E-state index contributed by atoms with van der Waals surface area (Å²) < 4.78 is 5.64. The molecule has 5 heteroatoms. The predicted octanol–water partition coefficient (Wildman–Crippen LogP) is 3.18. The molecule has 0 aliphatic rings. The highest BCUT2D eigenvalue weighted by Gasteiger charge is 2.05. The monoisotopic (exact) mass is 333 g/mol. The number of hydrogen-bond acceptors (Lipinski definition) is 2. The van der Waals surface area contributed by atoms with Gasteiger partial charge in [0.15, 0.2) is 0 Å². The van der Waals surface area contributed by atoms with Crippen molar-refractivity contribution < 1.29 is 9.53 Å². The number of rotatable bonds is 7. The molecule has 3 nitrogen and oxygen atoms in total. The van der Waals surface area contributed by atoms with Gasteiger partial charge in [0.05, 0.1) is 11.9 Å². The molecular formula is C13H17BrClNO2. The van der Waals surface area contributed by atoms with Crippen LogP contribution < -0.4 is 10.1 Å². The van der Waals surface area contributed by atoms with Gasteiger partial charge in [-0.15, -0.1) is 0 Å².